The molecule has 3 aliphatic heterocycles. The second-order valence-electron chi connectivity index (χ2n) is 16.7. The van der Waals surface area contributed by atoms with Crippen LogP contribution in [0.2, 0.25) is 0 Å². The maximum Gasteiger partial charge on any atom is 0.328 e. The van der Waals surface area contributed by atoms with Gasteiger partial charge in [0.05, 0.1) is 46.7 Å². The maximum atomic E-state index is 14.2. The molecule has 0 radical (unpaired) electrons. The molecule has 4 amide bonds. The van der Waals surface area contributed by atoms with Crippen molar-refractivity contribution >= 4 is 45.6 Å². The van der Waals surface area contributed by atoms with Crippen molar-refractivity contribution in [3.8, 4) is 5.75 Å². The number of rotatable bonds is 10. The minimum absolute atomic E-state index is 0.131. The molecule has 0 bridgehead atoms. The number of anilines is 2. The fourth-order valence-electron chi connectivity index (χ4n) is 9.36. The van der Waals surface area contributed by atoms with E-state index in [9.17, 15) is 32.7 Å². The van der Waals surface area contributed by atoms with Gasteiger partial charge in [0, 0.05) is 69.2 Å². The van der Waals surface area contributed by atoms with Crippen molar-refractivity contribution < 1.29 is 37.4 Å². The maximum absolute atomic E-state index is 14.2. The standard InChI is InChI=1S/C43H48F3N9O5/c44-33-21-32(38(45)39(46)40(33)57)41(58)47-22-27-3-7-30(8-4-27)54-25-29-6-9-31(20-34(29)50-54)52-16-12-43(13-17-52)26-51(18-19-60-43)14-1-2-28-5-10-35-36(23-48-55(35)24-28)53-15-11-37(56)49-42(53)59/h5-6,9-10,20-21,23-25,27,30,57H,1-4,7-8,11-19,22,26H2,(H,47,58)(H,49,56,59)/t27-,30-. The lowest BCUT2D eigenvalue weighted by atomic mass is 9.86. The predicted molar refractivity (Wildman–Crippen MR) is 217 cm³/mol. The van der Waals surface area contributed by atoms with Crippen LogP contribution in [0.1, 0.15) is 73.3 Å². The molecule has 5 aromatic rings. The highest BCUT2D eigenvalue weighted by Gasteiger charge is 2.40. The number of imide groups is 1. The normalized spacial score (nSPS) is 21.2. The molecule has 1 saturated carbocycles. The van der Waals surface area contributed by atoms with Crippen LogP contribution in [0, 0.1) is 23.4 Å². The van der Waals surface area contributed by atoms with Gasteiger partial charge in [-0.05, 0) is 99.7 Å². The Balaban J connectivity index is 0.735. The number of amides is 4. The van der Waals surface area contributed by atoms with Crippen molar-refractivity contribution in [1.29, 1.82) is 0 Å². The molecule has 9 rings (SSSR count). The largest absolute Gasteiger partial charge is 0.503 e. The molecular formula is C43H48F3N9O5. The van der Waals surface area contributed by atoms with Crippen LogP contribution < -0.4 is 20.4 Å². The average Bonchev–Trinajstić information content (AvgIpc) is 3.88. The Morgan fingerprint density at radius 1 is 0.983 bits per heavy atom. The molecule has 4 aliphatic rings. The molecule has 0 atom stereocenters. The number of benzene rings is 2. The van der Waals surface area contributed by atoms with Gasteiger partial charge in [0.1, 0.15) is 0 Å². The Hall–Kier alpha value is -5.68. The van der Waals surface area contributed by atoms with Crippen molar-refractivity contribution in [2.75, 3.05) is 62.2 Å². The number of piperidine rings is 1. The molecule has 2 aromatic carbocycles. The Morgan fingerprint density at radius 2 is 1.80 bits per heavy atom. The number of pyridine rings is 1. The molecule has 316 valence electrons. The number of phenols is 1. The number of halogens is 3. The van der Waals surface area contributed by atoms with Gasteiger partial charge >= 0.3 is 6.03 Å². The molecular weight excluding hydrogens is 780 g/mol. The summed E-state index contributed by atoms with van der Waals surface area (Å²) in [5.41, 5.74) is 3.86. The average molecular weight is 828 g/mol. The second kappa shape index (κ2) is 16.4. The predicted octanol–water partition coefficient (Wildman–Crippen LogP) is 5.72. The number of aromatic nitrogens is 4. The zero-order valence-corrected chi connectivity index (χ0v) is 33.2. The van der Waals surface area contributed by atoms with Crippen molar-refractivity contribution in [2.24, 2.45) is 5.92 Å². The van der Waals surface area contributed by atoms with E-state index >= 15 is 0 Å². The molecule has 0 unspecified atom stereocenters. The van der Waals surface area contributed by atoms with E-state index in [1.165, 1.54) is 5.56 Å². The molecule has 3 N–H and O–H groups in total. The minimum atomic E-state index is -1.78. The lowest BCUT2D eigenvalue weighted by Crippen LogP contribution is -2.57. The smallest absolute Gasteiger partial charge is 0.328 e. The number of hydrogen-bond acceptors (Lipinski definition) is 9. The highest BCUT2D eigenvalue weighted by molar-refractivity contribution is 6.07. The van der Waals surface area contributed by atoms with Crippen molar-refractivity contribution in [3.63, 3.8) is 0 Å². The molecule has 3 aromatic heterocycles. The fourth-order valence-corrected chi connectivity index (χ4v) is 9.36. The van der Waals surface area contributed by atoms with Crippen LogP contribution in [-0.4, -0.2) is 105 Å². The van der Waals surface area contributed by atoms with Crippen LogP contribution in [-0.2, 0) is 16.0 Å². The Bertz CT molecular complexity index is 2440. The zero-order chi connectivity index (χ0) is 41.5. The van der Waals surface area contributed by atoms with Crippen LogP contribution in [0.25, 0.3) is 16.4 Å². The Labute approximate surface area is 344 Å². The molecule has 1 aliphatic carbocycles. The van der Waals surface area contributed by atoms with Crippen molar-refractivity contribution in [1.82, 2.24) is 34.9 Å². The second-order valence-corrected chi connectivity index (χ2v) is 16.7. The number of morpholine rings is 1. The summed E-state index contributed by atoms with van der Waals surface area (Å²) in [6.07, 6.45) is 13.1. The summed E-state index contributed by atoms with van der Waals surface area (Å²) in [4.78, 5) is 43.0. The lowest BCUT2D eigenvalue weighted by molar-refractivity contribution is -0.121. The van der Waals surface area contributed by atoms with Crippen LogP contribution in [0.3, 0.4) is 0 Å². The van der Waals surface area contributed by atoms with E-state index in [4.69, 9.17) is 9.84 Å². The number of hydrogen-bond donors (Lipinski definition) is 3. The molecule has 60 heavy (non-hydrogen) atoms. The van der Waals surface area contributed by atoms with E-state index < -0.39 is 40.7 Å². The third kappa shape index (κ3) is 7.99. The summed E-state index contributed by atoms with van der Waals surface area (Å²) in [7, 11) is 0. The van der Waals surface area contributed by atoms with Crippen LogP contribution in [0.15, 0.2) is 55.0 Å². The van der Waals surface area contributed by atoms with Crippen LogP contribution >= 0.6 is 0 Å². The first-order valence-electron chi connectivity index (χ1n) is 20.8. The topological polar surface area (TPSA) is 150 Å². The Kier molecular flexibility index (Phi) is 10.9. The molecule has 17 heteroatoms. The van der Waals surface area contributed by atoms with Gasteiger partial charge in [0.15, 0.2) is 17.4 Å². The minimum Gasteiger partial charge on any atom is -0.503 e. The number of aromatic hydroxyl groups is 1. The molecule has 14 nitrogen and oxygen atoms in total. The van der Waals surface area contributed by atoms with Gasteiger partial charge in [-0.1, -0.05) is 6.07 Å². The lowest BCUT2D eigenvalue weighted by Gasteiger charge is -2.48. The van der Waals surface area contributed by atoms with Crippen molar-refractivity contribution in [2.45, 2.75) is 69.4 Å². The van der Waals surface area contributed by atoms with Gasteiger partial charge in [0.25, 0.3) is 5.91 Å². The van der Waals surface area contributed by atoms with Gasteiger partial charge in [-0.25, -0.2) is 18.1 Å². The van der Waals surface area contributed by atoms with E-state index in [-0.39, 0.29) is 36.4 Å². The molecule has 1 spiro atoms. The first-order valence-corrected chi connectivity index (χ1v) is 20.8. The van der Waals surface area contributed by atoms with Crippen LogP contribution in [0.5, 0.6) is 5.75 Å². The highest BCUT2D eigenvalue weighted by atomic mass is 19.2. The number of aryl methyl sites for hydroxylation is 1. The van der Waals surface area contributed by atoms with E-state index in [1.807, 2.05) is 16.9 Å². The van der Waals surface area contributed by atoms with Crippen molar-refractivity contribution in [3.05, 3.63) is 83.6 Å². The summed E-state index contributed by atoms with van der Waals surface area (Å²) in [6.45, 7) is 5.90. The highest BCUT2D eigenvalue weighted by Crippen LogP contribution is 2.36. The van der Waals surface area contributed by atoms with Gasteiger partial charge in [-0.3, -0.25) is 29.4 Å². The fraction of sp³-hybridized carbons (Fsp3) is 0.465. The van der Waals surface area contributed by atoms with Gasteiger partial charge in [-0.2, -0.15) is 14.6 Å². The summed E-state index contributed by atoms with van der Waals surface area (Å²) in [5, 5.41) is 24.8. The summed E-state index contributed by atoms with van der Waals surface area (Å²) >= 11 is 0. The Morgan fingerprint density at radius 3 is 2.60 bits per heavy atom. The molecule has 6 heterocycles. The third-order valence-corrected chi connectivity index (χ3v) is 12.8. The molecule has 4 fully saturated rings. The molecule has 3 saturated heterocycles. The number of fused-ring (bicyclic) bond motifs is 2. The summed E-state index contributed by atoms with van der Waals surface area (Å²) in [5.74, 6) is -7.23. The number of carbonyl (C=O) groups excluding carboxylic acids is 3. The van der Waals surface area contributed by atoms with Gasteiger partial charge < -0.3 is 20.1 Å². The summed E-state index contributed by atoms with van der Waals surface area (Å²) < 4.78 is 52.0. The third-order valence-electron chi connectivity index (χ3n) is 12.8. The number of urea groups is 1. The number of phenolic OH excluding ortho intramolecular Hbond substituents is 1. The first-order chi connectivity index (χ1) is 29.0. The van der Waals surface area contributed by atoms with E-state index in [1.54, 1.807) is 15.6 Å². The van der Waals surface area contributed by atoms with E-state index in [0.29, 0.717) is 18.3 Å². The van der Waals surface area contributed by atoms with E-state index in [0.717, 1.165) is 113 Å². The SMILES string of the molecule is O=C1CCN(c2cnn3cc(CCCN4CCOC5(CCN(c6ccc7cn([C@H]8CC[C@H](CNC(=O)c9cc(F)c(O)c(F)c9F)CC8)nc7c6)CC5)C4)ccc23)C(=O)N1. The summed E-state index contributed by atoms with van der Waals surface area (Å²) in [6, 6.07) is 10.8. The van der Waals surface area contributed by atoms with E-state index in [2.05, 4.69) is 56.0 Å². The van der Waals surface area contributed by atoms with Gasteiger partial charge in [0.2, 0.25) is 11.7 Å². The zero-order valence-electron chi connectivity index (χ0n) is 33.2. The quantitative estimate of drug-likeness (QED) is 0.151. The number of nitrogens with zero attached hydrogens (tertiary/aromatic N) is 7. The number of carbonyl (C=O) groups is 3. The number of nitrogens with one attached hydrogen (secondary N) is 2. The first kappa shape index (κ1) is 39.8. The monoisotopic (exact) mass is 827 g/mol. The number of ether oxygens (including phenoxy) is 1. The van der Waals surface area contributed by atoms with Gasteiger partial charge in [-0.15, -0.1) is 0 Å². The van der Waals surface area contributed by atoms with Crippen LogP contribution in [0.4, 0.5) is 29.3 Å².